The SMILES string of the molecule is COC1(NC(=O)[C@H](NC(=O)[C@H](NC(=O)OCc2ccccc2)c2ccccc2)c2ccccc2)CN(S(=O)(=O)O)C1=O. The van der Waals surface area contributed by atoms with Crippen molar-refractivity contribution in [2.24, 2.45) is 0 Å². The Morgan fingerprint density at radius 2 is 1.36 bits per heavy atom. The van der Waals surface area contributed by atoms with Crippen LogP contribution in [0.15, 0.2) is 91.0 Å². The number of rotatable bonds is 11. The maximum absolute atomic E-state index is 13.6. The van der Waals surface area contributed by atoms with Gasteiger partial charge in [-0.1, -0.05) is 91.0 Å². The number of amides is 4. The maximum atomic E-state index is 13.6. The Balaban J connectivity index is 1.55. The van der Waals surface area contributed by atoms with Gasteiger partial charge in [-0.05, 0) is 16.7 Å². The highest BCUT2D eigenvalue weighted by Crippen LogP contribution is 2.28. The van der Waals surface area contributed by atoms with Gasteiger partial charge in [-0.2, -0.15) is 8.42 Å². The summed E-state index contributed by atoms with van der Waals surface area (Å²) in [6.07, 6.45) is -0.882. The van der Waals surface area contributed by atoms with Crippen LogP contribution in [0.5, 0.6) is 0 Å². The zero-order valence-corrected chi connectivity index (χ0v) is 23.1. The molecule has 42 heavy (non-hydrogen) atoms. The summed E-state index contributed by atoms with van der Waals surface area (Å²) in [5.74, 6) is -2.92. The Morgan fingerprint density at radius 1 is 0.857 bits per heavy atom. The van der Waals surface area contributed by atoms with Crippen LogP contribution >= 0.6 is 0 Å². The van der Waals surface area contributed by atoms with E-state index in [0.717, 1.165) is 12.7 Å². The summed E-state index contributed by atoms with van der Waals surface area (Å²) in [4.78, 5) is 52.4. The molecule has 0 spiro atoms. The molecular weight excluding hydrogens is 568 g/mol. The predicted molar refractivity (Wildman–Crippen MR) is 147 cm³/mol. The first kappa shape index (κ1) is 30.2. The van der Waals surface area contributed by atoms with Gasteiger partial charge in [-0.3, -0.25) is 18.9 Å². The first-order chi connectivity index (χ1) is 20.0. The van der Waals surface area contributed by atoms with Gasteiger partial charge in [0.05, 0.1) is 6.54 Å². The number of carbonyl (C=O) groups excluding carboxylic acids is 4. The third kappa shape index (κ3) is 6.91. The molecule has 4 amide bonds. The van der Waals surface area contributed by atoms with Gasteiger partial charge in [0, 0.05) is 7.11 Å². The predicted octanol–water partition coefficient (Wildman–Crippen LogP) is 1.62. The van der Waals surface area contributed by atoms with Crippen molar-refractivity contribution < 1.29 is 41.6 Å². The van der Waals surface area contributed by atoms with Gasteiger partial charge in [0.15, 0.2) is 0 Å². The van der Waals surface area contributed by atoms with Gasteiger partial charge < -0.3 is 25.4 Å². The van der Waals surface area contributed by atoms with Crippen LogP contribution in [0.25, 0.3) is 0 Å². The molecule has 0 saturated carbocycles. The number of methoxy groups -OCH3 is 1. The van der Waals surface area contributed by atoms with Crippen LogP contribution in [0.4, 0.5) is 4.79 Å². The van der Waals surface area contributed by atoms with Crippen molar-refractivity contribution >= 4 is 34.1 Å². The lowest BCUT2D eigenvalue weighted by atomic mass is 10.0. The quantitative estimate of drug-likeness (QED) is 0.145. The number of ether oxygens (including phenoxy) is 2. The molecule has 1 unspecified atom stereocenters. The van der Waals surface area contributed by atoms with Crippen LogP contribution in [0.3, 0.4) is 0 Å². The molecule has 1 fully saturated rings. The molecule has 1 aliphatic heterocycles. The minimum atomic E-state index is -4.87. The summed E-state index contributed by atoms with van der Waals surface area (Å²) in [5, 5.41) is 7.46. The van der Waals surface area contributed by atoms with Gasteiger partial charge >= 0.3 is 16.4 Å². The Labute approximate surface area is 241 Å². The van der Waals surface area contributed by atoms with E-state index in [2.05, 4.69) is 16.0 Å². The van der Waals surface area contributed by atoms with Gasteiger partial charge in [-0.25, -0.2) is 9.10 Å². The molecule has 0 aromatic heterocycles. The number of carbonyl (C=O) groups is 4. The lowest BCUT2D eigenvalue weighted by Crippen LogP contribution is -2.76. The first-order valence-electron chi connectivity index (χ1n) is 12.6. The summed E-state index contributed by atoms with van der Waals surface area (Å²) >= 11 is 0. The minimum Gasteiger partial charge on any atom is -0.445 e. The highest BCUT2D eigenvalue weighted by atomic mass is 32.2. The number of nitrogens with one attached hydrogen (secondary N) is 3. The third-order valence-corrected chi connectivity index (χ3v) is 7.29. The van der Waals surface area contributed by atoms with Gasteiger partial charge in [0.2, 0.25) is 17.5 Å². The number of hydrogen-bond donors (Lipinski definition) is 4. The molecule has 0 radical (unpaired) electrons. The summed E-state index contributed by atoms with van der Waals surface area (Å²) in [5.41, 5.74) is -0.654. The molecule has 0 bridgehead atoms. The monoisotopic (exact) mass is 596 g/mol. The van der Waals surface area contributed by atoms with E-state index in [9.17, 15) is 32.1 Å². The maximum Gasteiger partial charge on any atom is 0.408 e. The van der Waals surface area contributed by atoms with Crippen molar-refractivity contribution in [3.8, 4) is 0 Å². The Bertz CT molecular complexity index is 1540. The third-order valence-electron chi connectivity index (χ3n) is 6.44. The number of β-lactam (4-membered cyclic amide) rings is 1. The van der Waals surface area contributed by atoms with E-state index >= 15 is 0 Å². The summed E-state index contributed by atoms with van der Waals surface area (Å²) in [6.45, 7) is -0.734. The van der Waals surface area contributed by atoms with Crippen LogP contribution in [0.1, 0.15) is 28.8 Å². The Morgan fingerprint density at radius 3 is 1.83 bits per heavy atom. The van der Waals surface area contributed by atoms with Crippen LogP contribution in [0.2, 0.25) is 0 Å². The molecule has 14 heteroatoms. The second kappa shape index (κ2) is 12.8. The number of hydrogen-bond acceptors (Lipinski definition) is 8. The second-order valence-corrected chi connectivity index (χ2v) is 10.5. The molecule has 3 atom stereocenters. The van der Waals surface area contributed by atoms with E-state index in [1.807, 2.05) is 6.07 Å². The normalized spacial score (nSPS) is 17.8. The van der Waals surface area contributed by atoms with Crippen molar-refractivity contribution in [1.29, 1.82) is 0 Å². The fourth-order valence-corrected chi connectivity index (χ4v) is 4.91. The van der Waals surface area contributed by atoms with Gasteiger partial charge in [-0.15, -0.1) is 0 Å². The molecule has 1 saturated heterocycles. The molecule has 1 heterocycles. The molecule has 1 aliphatic rings. The molecule has 4 rings (SSSR count). The topological polar surface area (TPSA) is 180 Å². The van der Waals surface area contributed by atoms with Crippen LogP contribution in [-0.2, 0) is 40.8 Å². The molecule has 13 nitrogen and oxygen atoms in total. The lowest BCUT2D eigenvalue weighted by molar-refractivity contribution is -0.180. The smallest absolute Gasteiger partial charge is 0.408 e. The summed E-state index contributed by atoms with van der Waals surface area (Å²) in [7, 11) is -3.79. The van der Waals surface area contributed by atoms with E-state index in [4.69, 9.17) is 9.47 Å². The molecule has 4 N–H and O–H groups in total. The lowest BCUT2D eigenvalue weighted by Gasteiger charge is -2.45. The van der Waals surface area contributed by atoms with E-state index in [1.165, 1.54) is 0 Å². The van der Waals surface area contributed by atoms with E-state index in [-0.39, 0.29) is 10.9 Å². The second-order valence-electron chi connectivity index (χ2n) is 9.21. The molecule has 3 aromatic rings. The standard InChI is InChI=1S/C28H28N4O9S/c1-40-28(18-32(26(28)35)42(37,38)39)31-25(34)23(21-15-9-4-10-16-21)29-24(33)22(20-13-7-3-8-14-20)30-27(36)41-17-19-11-5-2-6-12-19/h2-16,22-23H,17-18H2,1H3,(H,29,33)(H,30,36)(H,31,34)(H,37,38,39)/t22-,23-,28?/m1/s1. The van der Waals surface area contributed by atoms with Crippen LogP contribution in [0, 0.1) is 0 Å². The largest absolute Gasteiger partial charge is 0.445 e. The highest BCUT2D eigenvalue weighted by molar-refractivity contribution is 7.84. The molecule has 220 valence electrons. The minimum absolute atomic E-state index is 0.0431. The van der Waals surface area contributed by atoms with Crippen LogP contribution < -0.4 is 16.0 Å². The van der Waals surface area contributed by atoms with Crippen molar-refractivity contribution in [1.82, 2.24) is 20.3 Å². The zero-order chi connectivity index (χ0) is 30.3. The number of benzene rings is 3. The summed E-state index contributed by atoms with van der Waals surface area (Å²) < 4.78 is 42.6. The fraction of sp³-hybridized carbons (Fsp3) is 0.214. The van der Waals surface area contributed by atoms with E-state index in [1.54, 1.807) is 84.9 Å². The van der Waals surface area contributed by atoms with Crippen molar-refractivity contribution in [3.63, 3.8) is 0 Å². The average molecular weight is 597 g/mol. The molecular formula is C28H28N4O9S. The Kier molecular flexibility index (Phi) is 9.20. The average Bonchev–Trinajstić information content (AvgIpc) is 2.99. The van der Waals surface area contributed by atoms with Crippen molar-refractivity contribution in [2.75, 3.05) is 13.7 Å². The molecule has 0 aliphatic carbocycles. The Hall–Kier alpha value is -4.79. The number of nitrogens with zero attached hydrogens (tertiary/aromatic N) is 1. The van der Waals surface area contributed by atoms with Crippen LogP contribution in [-0.4, -0.2) is 60.5 Å². The zero-order valence-electron chi connectivity index (χ0n) is 22.3. The fourth-order valence-electron chi connectivity index (χ4n) is 4.20. The summed E-state index contributed by atoms with van der Waals surface area (Å²) in [6, 6.07) is 22.5. The molecule has 3 aromatic carbocycles. The number of alkyl carbamates (subject to hydrolysis) is 1. The van der Waals surface area contributed by atoms with Crippen molar-refractivity contribution in [2.45, 2.75) is 24.4 Å². The first-order valence-corrected chi connectivity index (χ1v) is 14.0. The van der Waals surface area contributed by atoms with Crippen molar-refractivity contribution in [3.05, 3.63) is 108 Å². The highest BCUT2D eigenvalue weighted by Gasteiger charge is 2.59. The van der Waals surface area contributed by atoms with E-state index in [0.29, 0.717) is 11.1 Å². The van der Waals surface area contributed by atoms with Gasteiger partial charge in [0.25, 0.3) is 5.91 Å². The van der Waals surface area contributed by atoms with Gasteiger partial charge in [0.1, 0.15) is 18.7 Å². The van der Waals surface area contributed by atoms with E-state index < -0.39 is 58.5 Å².